The van der Waals surface area contributed by atoms with Crippen molar-refractivity contribution < 1.29 is 19.6 Å². The Hall–Kier alpha value is -7.23. The molecule has 0 unspecified atom stereocenters. The third kappa shape index (κ3) is 9.55. The minimum Gasteiger partial charge on any atom is -0.423 e. The standard InChI is InChI=1S/C21H22N8O.C14H13ClN6O.C7H11BN2O2/c1-27(2)19-11-14(5-7-24-19)16-3-4-17-20(25-16)29(15-6-10-28(17)13-15)21(30)26-18-12-22-8-9-23-18;15-11-2-1-10-13(18-11)21(9-3-6-20(10)8-9)14(22)19-12-7-16-4-5-17-12;1-10(2)7-5-6(8(11)12)3-4-9-7/h3-5,7-9,11-12,15H,6,10,13H2,1-2H3,(H,23,26,30);1-2,4-5,7,9H,3,6,8H2,(H,17,19,22);3-5,11-12H,1-2H3/t15-;9-;/m00./s1. The van der Waals surface area contributed by atoms with E-state index >= 15 is 0 Å². The van der Waals surface area contributed by atoms with Gasteiger partial charge in [-0.1, -0.05) is 11.6 Å². The number of fused-ring (bicyclic) bond motifs is 8. The van der Waals surface area contributed by atoms with Crippen LogP contribution in [0.1, 0.15) is 12.8 Å². The number of aromatic nitrogens is 8. The molecule has 10 heterocycles. The van der Waals surface area contributed by atoms with E-state index in [-0.39, 0.29) is 24.1 Å². The molecule has 64 heavy (non-hydrogen) atoms. The Morgan fingerprint density at radius 3 is 1.73 bits per heavy atom. The van der Waals surface area contributed by atoms with Crippen molar-refractivity contribution in [3.8, 4) is 11.3 Å². The highest BCUT2D eigenvalue weighted by molar-refractivity contribution is 6.58. The zero-order chi connectivity index (χ0) is 44.9. The Morgan fingerprint density at radius 2 is 1.20 bits per heavy atom. The van der Waals surface area contributed by atoms with Gasteiger partial charge in [0.15, 0.2) is 23.3 Å². The molecule has 328 valence electrons. The number of carbonyl (C=O) groups excluding carboxylic acids is 2. The molecule has 0 spiro atoms. The third-order valence-electron chi connectivity index (χ3n) is 10.9. The predicted octanol–water partition coefficient (Wildman–Crippen LogP) is 3.61. The number of hydrogen-bond donors (Lipinski definition) is 4. The van der Waals surface area contributed by atoms with Crippen molar-refractivity contribution in [1.29, 1.82) is 0 Å². The molecule has 2 fully saturated rings. The summed E-state index contributed by atoms with van der Waals surface area (Å²) in [6, 6.07) is 14.5. The molecular weight excluding hydrogens is 839 g/mol. The van der Waals surface area contributed by atoms with E-state index in [4.69, 9.17) is 26.6 Å². The van der Waals surface area contributed by atoms with Crippen LogP contribution >= 0.6 is 11.6 Å². The smallest absolute Gasteiger partial charge is 0.423 e. The van der Waals surface area contributed by atoms with Crippen LogP contribution in [0.3, 0.4) is 0 Å². The maximum atomic E-state index is 13.2. The van der Waals surface area contributed by atoms with E-state index in [0.717, 1.165) is 67.5 Å². The van der Waals surface area contributed by atoms with Crippen LogP contribution in [0.2, 0.25) is 5.15 Å². The highest BCUT2D eigenvalue weighted by Crippen LogP contribution is 2.41. The molecule has 4 amide bonds. The number of urea groups is 2. The first-order valence-corrected chi connectivity index (χ1v) is 20.8. The van der Waals surface area contributed by atoms with Crippen LogP contribution in [0.25, 0.3) is 11.3 Å². The highest BCUT2D eigenvalue weighted by Gasteiger charge is 2.41. The second kappa shape index (κ2) is 19.0. The molecular formula is C42H46BClN16O4. The normalized spacial score (nSPS) is 16.3. The number of anilines is 8. The first-order valence-electron chi connectivity index (χ1n) is 20.5. The largest absolute Gasteiger partial charge is 0.488 e. The molecule has 4 N–H and O–H groups in total. The summed E-state index contributed by atoms with van der Waals surface area (Å²) in [5.41, 5.74) is 4.13. The minimum absolute atomic E-state index is 0.0756. The fraction of sp³-hybridized carbons (Fsp3) is 0.286. The van der Waals surface area contributed by atoms with Crippen molar-refractivity contribution in [1.82, 2.24) is 39.9 Å². The second-order valence-corrected chi connectivity index (χ2v) is 16.0. The highest BCUT2D eigenvalue weighted by atomic mass is 35.5. The van der Waals surface area contributed by atoms with Crippen molar-refractivity contribution in [3.05, 3.63) is 103 Å². The summed E-state index contributed by atoms with van der Waals surface area (Å²) < 4.78 is 0. The number of nitrogens with zero attached hydrogens (tertiary/aromatic N) is 14. The number of carbonyl (C=O) groups is 2. The lowest BCUT2D eigenvalue weighted by atomic mass is 9.81. The summed E-state index contributed by atoms with van der Waals surface area (Å²) in [5.74, 6) is 3.67. The van der Waals surface area contributed by atoms with Gasteiger partial charge in [0, 0.05) is 97.1 Å². The molecule has 22 heteroatoms. The van der Waals surface area contributed by atoms with E-state index in [1.807, 2.05) is 57.4 Å². The maximum Gasteiger partial charge on any atom is 0.488 e. The van der Waals surface area contributed by atoms with Crippen LogP contribution in [-0.2, 0) is 0 Å². The quantitative estimate of drug-likeness (QED) is 0.139. The molecule has 2 saturated heterocycles. The van der Waals surface area contributed by atoms with Crippen molar-refractivity contribution in [2.75, 3.05) is 94.4 Å². The summed E-state index contributed by atoms with van der Waals surface area (Å²) in [6.07, 6.45) is 14.4. The summed E-state index contributed by atoms with van der Waals surface area (Å²) in [6.45, 7) is 3.44. The molecule has 10 rings (SSSR count). The molecule has 0 aromatic carbocycles. The predicted molar refractivity (Wildman–Crippen MR) is 248 cm³/mol. The van der Waals surface area contributed by atoms with E-state index in [1.54, 1.807) is 63.9 Å². The molecule has 2 atom stereocenters. The summed E-state index contributed by atoms with van der Waals surface area (Å²) >= 11 is 6.01. The van der Waals surface area contributed by atoms with Crippen LogP contribution in [0.5, 0.6) is 0 Å². The lowest BCUT2D eigenvalue weighted by molar-refractivity contribution is 0.254. The van der Waals surface area contributed by atoms with E-state index in [0.29, 0.717) is 39.7 Å². The fourth-order valence-electron chi connectivity index (χ4n) is 7.81. The van der Waals surface area contributed by atoms with Crippen molar-refractivity contribution >= 4 is 82.5 Å². The number of pyridine rings is 4. The number of halogens is 1. The fourth-order valence-corrected chi connectivity index (χ4v) is 7.95. The monoisotopic (exact) mass is 884 g/mol. The molecule has 4 bridgehead atoms. The van der Waals surface area contributed by atoms with Gasteiger partial charge in [-0.3, -0.25) is 30.4 Å². The van der Waals surface area contributed by atoms with Crippen LogP contribution < -0.4 is 45.5 Å². The Balaban J connectivity index is 0.000000144. The van der Waals surface area contributed by atoms with Gasteiger partial charge >= 0.3 is 19.2 Å². The topological polar surface area (TPSA) is 221 Å². The van der Waals surface area contributed by atoms with E-state index in [1.165, 1.54) is 18.6 Å². The summed E-state index contributed by atoms with van der Waals surface area (Å²) in [7, 11) is 6.17. The van der Waals surface area contributed by atoms with Crippen LogP contribution in [0.15, 0.2) is 98.1 Å². The van der Waals surface area contributed by atoms with Crippen LogP contribution in [0, 0.1) is 0 Å². The summed E-state index contributed by atoms with van der Waals surface area (Å²) in [5, 5.41) is 23.7. The summed E-state index contributed by atoms with van der Waals surface area (Å²) in [4.78, 5) is 71.4. The van der Waals surface area contributed by atoms with Gasteiger partial charge in [0.25, 0.3) is 0 Å². The first-order chi connectivity index (χ1) is 30.9. The van der Waals surface area contributed by atoms with Crippen molar-refractivity contribution in [2.45, 2.75) is 24.9 Å². The van der Waals surface area contributed by atoms with E-state index in [2.05, 4.69) is 61.4 Å². The lowest BCUT2D eigenvalue weighted by Crippen LogP contribution is -2.48. The van der Waals surface area contributed by atoms with Gasteiger partial charge in [-0.25, -0.2) is 39.5 Å². The SMILES string of the molecule is CN(C)c1cc(-c2ccc3c(n2)N(C(=O)Nc2cnccn2)[C@H]2CCN3C2)ccn1.CN(C)c1cc(B(O)O)ccn1.O=C(Nc1cnccn1)N1c2nc(Cl)ccc2N2CC[C@H]1C2. The number of hydrogen-bond acceptors (Lipinski definition) is 16. The number of rotatable bonds is 6. The number of nitrogens with one attached hydrogen (secondary N) is 2. The van der Waals surface area contributed by atoms with Crippen molar-refractivity contribution in [3.63, 3.8) is 0 Å². The molecule has 20 nitrogen and oxygen atoms in total. The Kier molecular flexibility index (Phi) is 12.9. The van der Waals surface area contributed by atoms with Crippen LogP contribution in [0.4, 0.5) is 55.9 Å². The molecule has 6 aromatic rings. The Morgan fingerprint density at radius 1 is 0.672 bits per heavy atom. The number of amides is 4. The molecule has 0 saturated carbocycles. The van der Waals surface area contributed by atoms with Gasteiger partial charge in [0.1, 0.15) is 16.8 Å². The van der Waals surface area contributed by atoms with E-state index < -0.39 is 7.12 Å². The second-order valence-electron chi connectivity index (χ2n) is 15.6. The molecule has 4 aliphatic heterocycles. The minimum atomic E-state index is -1.42. The molecule has 4 aliphatic rings. The van der Waals surface area contributed by atoms with Crippen LogP contribution in [-0.4, -0.2) is 136 Å². The zero-order valence-corrected chi connectivity index (χ0v) is 36.3. The van der Waals surface area contributed by atoms with Crippen molar-refractivity contribution in [2.24, 2.45) is 0 Å². The van der Waals surface area contributed by atoms with Gasteiger partial charge in [0.05, 0.1) is 41.5 Å². The zero-order valence-electron chi connectivity index (χ0n) is 35.6. The van der Waals surface area contributed by atoms with Gasteiger partial charge in [-0.05, 0) is 66.8 Å². The van der Waals surface area contributed by atoms with Gasteiger partial charge in [-0.2, -0.15) is 0 Å². The lowest BCUT2D eigenvalue weighted by Gasteiger charge is -2.35. The maximum absolute atomic E-state index is 13.2. The first kappa shape index (κ1) is 43.4. The average molecular weight is 885 g/mol. The van der Waals surface area contributed by atoms with E-state index in [9.17, 15) is 9.59 Å². The third-order valence-corrected chi connectivity index (χ3v) is 11.1. The average Bonchev–Trinajstić information content (AvgIpc) is 3.92. The molecule has 0 aliphatic carbocycles. The van der Waals surface area contributed by atoms with Gasteiger partial charge in [-0.15, -0.1) is 0 Å². The molecule has 6 aromatic heterocycles. The Labute approximate surface area is 374 Å². The van der Waals surface area contributed by atoms with Gasteiger partial charge < -0.3 is 29.6 Å². The Bertz CT molecular complexity index is 2580. The molecule has 0 radical (unpaired) electrons. The van der Waals surface area contributed by atoms with Gasteiger partial charge in [0.2, 0.25) is 0 Å².